The molecule has 0 aromatic heterocycles. The molecule has 146 valence electrons. The molecule has 0 aliphatic carbocycles. The van der Waals surface area contributed by atoms with Crippen molar-refractivity contribution in [2.75, 3.05) is 0 Å². The molecule has 0 heterocycles. The fourth-order valence-corrected chi connectivity index (χ4v) is 3.44. The Bertz CT molecular complexity index is 368. The third-order valence-electron chi connectivity index (χ3n) is 4.80. The first-order chi connectivity index (χ1) is 11.4. The summed E-state index contributed by atoms with van der Waals surface area (Å²) in [6.07, 6.45) is 16.2. The molecular formula is C19H40O4S. The fourth-order valence-electron chi connectivity index (χ4n) is 2.97. The van der Waals surface area contributed by atoms with E-state index in [9.17, 15) is 13.5 Å². The van der Waals surface area contributed by atoms with Crippen LogP contribution >= 0.6 is 0 Å². The summed E-state index contributed by atoms with van der Waals surface area (Å²) in [6, 6.07) is 0. The highest BCUT2D eigenvalue weighted by Gasteiger charge is 2.15. The van der Waals surface area contributed by atoms with Crippen molar-refractivity contribution in [1.82, 2.24) is 0 Å². The van der Waals surface area contributed by atoms with Crippen molar-refractivity contribution in [3.8, 4) is 0 Å². The van der Waals surface area contributed by atoms with Gasteiger partial charge in [-0.3, -0.25) is 4.55 Å². The van der Waals surface area contributed by atoms with Gasteiger partial charge in [0.15, 0.2) is 0 Å². The van der Waals surface area contributed by atoms with E-state index in [0.29, 0.717) is 6.42 Å². The molecular weight excluding hydrogens is 324 g/mol. The first kappa shape index (κ1) is 23.9. The lowest BCUT2D eigenvalue weighted by Gasteiger charge is -2.10. The summed E-state index contributed by atoms with van der Waals surface area (Å²) in [7, 11) is -3.86. The third kappa shape index (κ3) is 15.4. The molecule has 0 radical (unpaired) electrons. The minimum atomic E-state index is -3.86. The van der Waals surface area contributed by atoms with Gasteiger partial charge in [-0.1, -0.05) is 84.0 Å². The van der Waals surface area contributed by atoms with Crippen LogP contribution in [0, 0.1) is 0 Å². The van der Waals surface area contributed by atoms with Crippen LogP contribution in [0.15, 0.2) is 0 Å². The highest BCUT2D eigenvalue weighted by atomic mass is 32.2. The van der Waals surface area contributed by atoms with Gasteiger partial charge in [0.2, 0.25) is 0 Å². The molecule has 0 saturated heterocycles. The quantitative estimate of drug-likeness (QED) is 0.264. The van der Waals surface area contributed by atoms with Crippen molar-refractivity contribution in [3.63, 3.8) is 0 Å². The summed E-state index contributed by atoms with van der Waals surface area (Å²) in [5.74, 6) is 0. The van der Waals surface area contributed by atoms with Crippen molar-refractivity contribution in [3.05, 3.63) is 0 Å². The maximum absolute atomic E-state index is 10.9. The molecule has 0 bridgehead atoms. The van der Waals surface area contributed by atoms with Crippen LogP contribution in [0.1, 0.15) is 110 Å². The van der Waals surface area contributed by atoms with Crippen LogP contribution in [0.5, 0.6) is 0 Å². The number of aliphatic hydroxyl groups excluding tert-OH is 1. The summed E-state index contributed by atoms with van der Waals surface area (Å²) >= 11 is 0. The molecule has 24 heavy (non-hydrogen) atoms. The first-order valence-electron chi connectivity index (χ1n) is 10.0. The van der Waals surface area contributed by atoms with Gasteiger partial charge < -0.3 is 5.11 Å². The average molecular weight is 365 g/mol. The lowest BCUT2D eigenvalue weighted by molar-refractivity contribution is 0.147. The monoisotopic (exact) mass is 364 g/mol. The topological polar surface area (TPSA) is 74.6 Å². The maximum atomic E-state index is 10.9. The Morgan fingerprint density at radius 1 is 0.708 bits per heavy atom. The Morgan fingerprint density at radius 3 is 1.50 bits per heavy atom. The van der Waals surface area contributed by atoms with E-state index in [-0.39, 0.29) is 6.10 Å². The predicted octanol–water partition coefficient (Wildman–Crippen LogP) is 5.50. The van der Waals surface area contributed by atoms with E-state index >= 15 is 0 Å². The minimum absolute atomic E-state index is 0.133. The molecule has 2 N–H and O–H groups in total. The predicted molar refractivity (Wildman–Crippen MR) is 102 cm³/mol. The van der Waals surface area contributed by atoms with E-state index in [2.05, 4.69) is 6.92 Å². The normalized spacial score (nSPS) is 14.7. The van der Waals surface area contributed by atoms with E-state index in [0.717, 1.165) is 57.8 Å². The second-order valence-corrected chi connectivity index (χ2v) is 9.07. The van der Waals surface area contributed by atoms with E-state index in [4.69, 9.17) is 4.55 Å². The Kier molecular flexibility index (Phi) is 15.1. The number of unbranched alkanes of at least 4 members (excludes halogenated alkanes) is 10. The Morgan fingerprint density at radius 2 is 1.08 bits per heavy atom. The smallest absolute Gasteiger partial charge is 0.267 e. The van der Waals surface area contributed by atoms with Gasteiger partial charge in [-0.2, -0.15) is 8.42 Å². The van der Waals surface area contributed by atoms with E-state index in [1.165, 1.54) is 32.1 Å². The van der Waals surface area contributed by atoms with E-state index < -0.39 is 15.4 Å². The standard InChI is InChI=1S/C19H40O4S/c1-3-4-5-6-10-13-16-19(20)17-14-11-8-7-9-12-15-18(2)24(21,22)23/h18-20H,3-17H2,1-2H3,(H,21,22,23). The Labute approximate surface area is 150 Å². The van der Waals surface area contributed by atoms with Gasteiger partial charge in [0.1, 0.15) is 0 Å². The van der Waals surface area contributed by atoms with Crippen LogP contribution in [-0.2, 0) is 10.1 Å². The lowest BCUT2D eigenvalue weighted by atomic mass is 10.0. The third-order valence-corrected chi connectivity index (χ3v) is 6.05. The van der Waals surface area contributed by atoms with Crippen LogP contribution in [0.3, 0.4) is 0 Å². The van der Waals surface area contributed by atoms with E-state index in [1.54, 1.807) is 6.92 Å². The average Bonchev–Trinajstić information content (AvgIpc) is 2.52. The molecule has 0 fully saturated rings. The molecule has 0 saturated carbocycles. The van der Waals surface area contributed by atoms with Crippen LogP contribution in [0.4, 0.5) is 0 Å². The van der Waals surface area contributed by atoms with Crippen LogP contribution in [0.25, 0.3) is 0 Å². The molecule has 0 spiro atoms. The van der Waals surface area contributed by atoms with Gasteiger partial charge in [0, 0.05) is 0 Å². The SMILES string of the molecule is CCCCCCCCC(O)CCCCCCCCC(C)S(=O)(=O)O. The lowest BCUT2D eigenvalue weighted by Crippen LogP contribution is -2.16. The molecule has 0 aliphatic heterocycles. The van der Waals surface area contributed by atoms with E-state index in [1.807, 2.05) is 0 Å². The summed E-state index contributed by atoms with van der Waals surface area (Å²) in [6.45, 7) is 3.78. The summed E-state index contributed by atoms with van der Waals surface area (Å²) in [4.78, 5) is 0. The molecule has 2 atom stereocenters. The number of aliphatic hydroxyl groups is 1. The molecule has 0 aliphatic rings. The zero-order valence-corrected chi connectivity index (χ0v) is 16.7. The molecule has 0 rings (SSSR count). The first-order valence-corrected chi connectivity index (χ1v) is 11.5. The summed E-state index contributed by atoms with van der Waals surface area (Å²) in [5.41, 5.74) is 0. The Balaban J connectivity index is 3.32. The largest absolute Gasteiger partial charge is 0.393 e. The second-order valence-electron chi connectivity index (χ2n) is 7.23. The van der Waals surface area contributed by atoms with Gasteiger partial charge in [-0.05, 0) is 26.2 Å². The maximum Gasteiger partial charge on any atom is 0.267 e. The molecule has 5 heteroatoms. The van der Waals surface area contributed by atoms with Crippen LogP contribution in [-0.4, -0.2) is 29.4 Å². The van der Waals surface area contributed by atoms with Crippen molar-refractivity contribution < 1.29 is 18.1 Å². The second kappa shape index (κ2) is 15.2. The fraction of sp³-hybridized carbons (Fsp3) is 1.00. The highest BCUT2D eigenvalue weighted by molar-refractivity contribution is 7.86. The Hall–Kier alpha value is -0.130. The van der Waals surface area contributed by atoms with Gasteiger partial charge in [-0.15, -0.1) is 0 Å². The van der Waals surface area contributed by atoms with Gasteiger partial charge >= 0.3 is 0 Å². The molecule has 4 nitrogen and oxygen atoms in total. The van der Waals surface area contributed by atoms with Crippen molar-refractivity contribution in [1.29, 1.82) is 0 Å². The zero-order valence-electron chi connectivity index (χ0n) is 15.9. The molecule has 2 unspecified atom stereocenters. The molecule has 0 aromatic rings. The minimum Gasteiger partial charge on any atom is -0.393 e. The number of hydrogen-bond donors (Lipinski definition) is 2. The summed E-state index contributed by atoms with van der Waals surface area (Å²) in [5, 5.41) is 9.31. The highest BCUT2D eigenvalue weighted by Crippen LogP contribution is 2.15. The molecule has 0 aromatic carbocycles. The summed E-state index contributed by atoms with van der Waals surface area (Å²) < 4.78 is 30.6. The molecule has 0 amide bonds. The van der Waals surface area contributed by atoms with Gasteiger partial charge in [0.25, 0.3) is 10.1 Å². The number of rotatable bonds is 17. The van der Waals surface area contributed by atoms with Crippen LogP contribution < -0.4 is 0 Å². The number of hydrogen-bond acceptors (Lipinski definition) is 3. The van der Waals surface area contributed by atoms with Crippen molar-refractivity contribution in [2.24, 2.45) is 0 Å². The van der Waals surface area contributed by atoms with Gasteiger partial charge in [-0.25, -0.2) is 0 Å². The van der Waals surface area contributed by atoms with Crippen molar-refractivity contribution in [2.45, 2.75) is 122 Å². The zero-order chi connectivity index (χ0) is 18.3. The van der Waals surface area contributed by atoms with Crippen LogP contribution in [0.2, 0.25) is 0 Å². The van der Waals surface area contributed by atoms with Crippen molar-refractivity contribution >= 4 is 10.1 Å². The van der Waals surface area contributed by atoms with Gasteiger partial charge in [0.05, 0.1) is 11.4 Å².